The third-order valence-electron chi connectivity index (χ3n) is 3.64. The van der Waals surface area contributed by atoms with Crippen molar-refractivity contribution in [2.45, 2.75) is 39.3 Å². The summed E-state index contributed by atoms with van der Waals surface area (Å²) >= 11 is 0. The molecule has 114 valence electrons. The SMILES string of the molecule is COCCn1cc(NC(C)c2ccc(C(C)C)cc2)cn1. The quantitative estimate of drug-likeness (QED) is 0.841. The lowest BCUT2D eigenvalue weighted by Crippen LogP contribution is -2.07. The van der Waals surface area contributed by atoms with Crippen molar-refractivity contribution < 1.29 is 4.74 Å². The standard InChI is InChI=1S/C17H25N3O/c1-13(2)15-5-7-16(8-6-15)14(3)19-17-11-18-20(12-17)9-10-21-4/h5-8,11-14,19H,9-10H2,1-4H3. The molecule has 0 fully saturated rings. The second-order valence-electron chi connectivity index (χ2n) is 5.67. The Morgan fingerprint density at radius 1 is 1.14 bits per heavy atom. The molecule has 21 heavy (non-hydrogen) atoms. The Balaban J connectivity index is 1.97. The summed E-state index contributed by atoms with van der Waals surface area (Å²) < 4.78 is 6.94. The van der Waals surface area contributed by atoms with Gasteiger partial charge in [0.1, 0.15) is 0 Å². The summed E-state index contributed by atoms with van der Waals surface area (Å²) in [5.41, 5.74) is 3.69. The van der Waals surface area contributed by atoms with Gasteiger partial charge < -0.3 is 10.1 Å². The Morgan fingerprint density at radius 3 is 2.43 bits per heavy atom. The van der Waals surface area contributed by atoms with Crippen molar-refractivity contribution in [2.24, 2.45) is 0 Å². The maximum Gasteiger partial charge on any atom is 0.0731 e. The van der Waals surface area contributed by atoms with Crippen LogP contribution in [0, 0.1) is 0 Å². The van der Waals surface area contributed by atoms with Crippen LogP contribution in [0.25, 0.3) is 0 Å². The fourth-order valence-electron chi connectivity index (χ4n) is 2.25. The number of aromatic nitrogens is 2. The highest BCUT2D eigenvalue weighted by Gasteiger charge is 2.07. The number of hydrogen-bond acceptors (Lipinski definition) is 3. The maximum absolute atomic E-state index is 5.05. The van der Waals surface area contributed by atoms with E-state index in [9.17, 15) is 0 Å². The molecule has 1 atom stereocenters. The Morgan fingerprint density at radius 2 is 1.81 bits per heavy atom. The van der Waals surface area contributed by atoms with E-state index in [1.54, 1.807) is 7.11 Å². The number of hydrogen-bond donors (Lipinski definition) is 1. The van der Waals surface area contributed by atoms with E-state index in [1.165, 1.54) is 11.1 Å². The number of rotatable bonds is 7. The molecule has 1 aromatic carbocycles. The van der Waals surface area contributed by atoms with Crippen LogP contribution < -0.4 is 5.32 Å². The van der Waals surface area contributed by atoms with Gasteiger partial charge >= 0.3 is 0 Å². The summed E-state index contributed by atoms with van der Waals surface area (Å²) in [5.74, 6) is 0.571. The van der Waals surface area contributed by atoms with Gasteiger partial charge in [0.25, 0.3) is 0 Å². The third kappa shape index (κ3) is 4.33. The van der Waals surface area contributed by atoms with E-state index in [1.807, 2.05) is 17.1 Å². The van der Waals surface area contributed by atoms with Gasteiger partial charge in [-0.3, -0.25) is 4.68 Å². The van der Waals surface area contributed by atoms with Gasteiger partial charge in [0.05, 0.1) is 25.0 Å². The van der Waals surface area contributed by atoms with E-state index in [4.69, 9.17) is 4.74 Å². The van der Waals surface area contributed by atoms with E-state index < -0.39 is 0 Å². The summed E-state index contributed by atoms with van der Waals surface area (Å²) in [6.45, 7) is 8.04. The van der Waals surface area contributed by atoms with Gasteiger partial charge in [-0.2, -0.15) is 5.10 Å². The van der Waals surface area contributed by atoms with Crippen molar-refractivity contribution in [3.05, 3.63) is 47.8 Å². The van der Waals surface area contributed by atoms with E-state index in [2.05, 4.69) is 55.5 Å². The Hall–Kier alpha value is -1.81. The normalized spacial score (nSPS) is 12.6. The molecule has 1 aromatic heterocycles. The lowest BCUT2D eigenvalue weighted by molar-refractivity contribution is 0.183. The number of nitrogens with one attached hydrogen (secondary N) is 1. The first-order chi connectivity index (χ1) is 10.1. The zero-order chi connectivity index (χ0) is 15.2. The molecular weight excluding hydrogens is 262 g/mol. The predicted molar refractivity (Wildman–Crippen MR) is 86.7 cm³/mol. The fraction of sp³-hybridized carbons (Fsp3) is 0.471. The summed E-state index contributed by atoms with van der Waals surface area (Å²) in [7, 11) is 1.70. The molecular formula is C17H25N3O. The second kappa shape index (κ2) is 7.27. The van der Waals surface area contributed by atoms with Crippen LogP contribution in [-0.4, -0.2) is 23.5 Å². The Labute approximate surface area is 127 Å². The van der Waals surface area contributed by atoms with E-state index >= 15 is 0 Å². The first-order valence-corrected chi connectivity index (χ1v) is 7.48. The van der Waals surface area contributed by atoms with Crippen LogP contribution in [0.2, 0.25) is 0 Å². The molecule has 4 nitrogen and oxygen atoms in total. The molecule has 0 saturated carbocycles. The van der Waals surface area contributed by atoms with Gasteiger partial charge in [-0.1, -0.05) is 38.1 Å². The summed E-state index contributed by atoms with van der Waals surface area (Å²) in [6, 6.07) is 9.07. The van der Waals surface area contributed by atoms with Gasteiger partial charge in [0, 0.05) is 19.3 Å². The Bertz CT molecular complexity index is 545. The molecule has 4 heteroatoms. The monoisotopic (exact) mass is 287 g/mol. The fourth-order valence-corrected chi connectivity index (χ4v) is 2.25. The molecule has 1 N–H and O–H groups in total. The first kappa shape index (κ1) is 15.6. The number of nitrogens with zero attached hydrogens (tertiary/aromatic N) is 2. The largest absolute Gasteiger partial charge is 0.383 e. The maximum atomic E-state index is 5.05. The number of methoxy groups -OCH3 is 1. The molecule has 2 rings (SSSR count). The van der Waals surface area contributed by atoms with Crippen LogP contribution in [0.15, 0.2) is 36.7 Å². The summed E-state index contributed by atoms with van der Waals surface area (Å²) in [6.07, 6.45) is 3.87. The minimum absolute atomic E-state index is 0.256. The zero-order valence-electron chi connectivity index (χ0n) is 13.3. The molecule has 0 saturated heterocycles. The highest BCUT2D eigenvalue weighted by Crippen LogP contribution is 2.21. The van der Waals surface area contributed by atoms with Crippen molar-refractivity contribution in [3.63, 3.8) is 0 Å². The molecule has 2 aromatic rings. The number of benzene rings is 1. The second-order valence-corrected chi connectivity index (χ2v) is 5.67. The molecule has 0 amide bonds. The van der Waals surface area contributed by atoms with E-state index in [0.717, 1.165) is 12.2 Å². The topological polar surface area (TPSA) is 39.1 Å². The molecule has 0 radical (unpaired) electrons. The highest BCUT2D eigenvalue weighted by molar-refractivity contribution is 5.42. The molecule has 1 unspecified atom stereocenters. The Kier molecular flexibility index (Phi) is 5.39. The number of ether oxygens (including phenoxy) is 1. The van der Waals surface area contributed by atoms with Gasteiger partial charge in [0.15, 0.2) is 0 Å². The van der Waals surface area contributed by atoms with Crippen molar-refractivity contribution in [2.75, 3.05) is 19.0 Å². The molecule has 0 bridgehead atoms. The minimum Gasteiger partial charge on any atom is -0.383 e. The van der Waals surface area contributed by atoms with Crippen molar-refractivity contribution in [1.82, 2.24) is 9.78 Å². The molecule has 1 heterocycles. The van der Waals surface area contributed by atoms with Crippen LogP contribution >= 0.6 is 0 Å². The average Bonchev–Trinajstić information content (AvgIpc) is 2.92. The lowest BCUT2D eigenvalue weighted by Gasteiger charge is -2.15. The van der Waals surface area contributed by atoms with Crippen LogP contribution in [0.1, 0.15) is 43.9 Å². The third-order valence-corrected chi connectivity index (χ3v) is 3.64. The molecule has 0 aliphatic carbocycles. The van der Waals surface area contributed by atoms with E-state index in [0.29, 0.717) is 12.5 Å². The van der Waals surface area contributed by atoms with Gasteiger partial charge in [0.2, 0.25) is 0 Å². The lowest BCUT2D eigenvalue weighted by atomic mass is 9.99. The van der Waals surface area contributed by atoms with Crippen LogP contribution in [0.3, 0.4) is 0 Å². The average molecular weight is 287 g/mol. The van der Waals surface area contributed by atoms with Crippen LogP contribution in [0.4, 0.5) is 5.69 Å². The molecule has 0 aliphatic heterocycles. The summed E-state index contributed by atoms with van der Waals surface area (Å²) in [5, 5.41) is 7.79. The zero-order valence-corrected chi connectivity index (χ0v) is 13.3. The predicted octanol–water partition coefficient (Wildman–Crippen LogP) is 3.83. The first-order valence-electron chi connectivity index (χ1n) is 7.48. The smallest absolute Gasteiger partial charge is 0.0731 e. The van der Waals surface area contributed by atoms with Crippen molar-refractivity contribution in [1.29, 1.82) is 0 Å². The number of anilines is 1. The van der Waals surface area contributed by atoms with Crippen LogP contribution in [-0.2, 0) is 11.3 Å². The van der Waals surface area contributed by atoms with Gasteiger partial charge in [-0.15, -0.1) is 0 Å². The van der Waals surface area contributed by atoms with Gasteiger partial charge in [-0.25, -0.2) is 0 Å². The minimum atomic E-state index is 0.256. The van der Waals surface area contributed by atoms with Crippen molar-refractivity contribution >= 4 is 5.69 Å². The highest BCUT2D eigenvalue weighted by atomic mass is 16.5. The molecule has 0 aliphatic rings. The van der Waals surface area contributed by atoms with Crippen molar-refractivity contribution in [3.8, 4) is 0 Å². The summed E-state index contributed by atoms with van der Waals surface area (Å²) in [4.78, 5) is 0. The molecule has 0 spiro atoms. The van der Waals surface area contributed by atoms with Gasteiger partial charge in [-0.05, 0) is 24.0 Å². The van der Waals surface area contributed by atoms with Crippen LogP contribution in [0.5, 0.6) is 0 Å². The van der Waals surface area contributed by atoms with E-state index in [-0.39, 0.29) is 6.04 Å².